The third-order valence-corrected chi connectivity index (χ3v) is 5.82. The second-order valence-corrected chi connectivity index (χ2v) is 8.25. The topological polar surface area (TPSA) is 79.2 Å². The van der Waals surface area contributed by atoms with E-state index in [0.717, 1.165) is 34.1 Å². The molecule has 7 heteroatoms. The second-order valence-electron chi connectivity index (χ2n) is 7.81. The number of nitrogens with zero attached hydrogens (tertiary/aromatic N) is 2. The summed E-state index contributed by atoms with van der Waals surface area (Å²) in [6, 6.07) is 9.01. The predicted octanol–water partition coefficient (Wildman–Crippen LogP) is 4.92. The van der Waals surface area contributed by atoms with Crippen LogP contribution < -0.4 is 5.56 Å². The van der Waals surface area contributed by atoms with Gasteiger partial charge in [-0.3, -0.25) is 9.59 Å². The maximum absolute atomic E-state index is 13.1. The van der Waals surface area contributed by atoms with E-state index in [-0.39, 0.29) is 24.4 Å². The minimum absolute atomic E-state index is 0.0448. The zero-order chi connectivity index (χ0) is 22.1. The lowest BCUT2D eigenvalue weighted by Crippen LogP contribution is -2.33. The number of aromatic nitrogens is 2. The molecule has 1 amide bonds. The number of carbonyl (C=O) groups excluding carboxylic acids is 1. The number of carbonyl (C=O) groups is 1. The van der Waals surface area contributed by atoms with Crippen LogP contribution in [0.3, 0.4) is 0 Å². The van der Waals surface area contributed by atoms with Crippen molar-refractivity contribution in [3.63, 3.8) is 0 Å². The molecule has 2 aromatic carbocycles. The van der Waals surface area contributed by atoms with E-state index in [1.807, 2.05) is 32.9 Å². The van der Waals surface area contributed by atoms with Gasteiger partial charge in [-0.1, -0.05) is 30.7 Å². The van der Waals surface area contributed by atoms with Crippen LogP contribution in [-0.2, 0) is 17.8 Å². The molecule has 0 radical (unpaired) electrons. The number of hydrogen-bond acceptors (Lipinski definition) is 4. The number of halogens is 1. The number of aromatic amines is 1. The molecule has 4 aromatic rings. The number of nitrogens with one attached hydrogen (secondary N) is 1. The zero-order valence-electron chi connectivity index (χ0n) is 17.8. The Kier molecular flexibility index (Phi) is 5.83. The fourth-order valence-corrected chi connectivity index (χ4v) is 3.94. The molecule has 2 heterocycles. The van der Waals surface area contributed by atoms with Crippen molar-refractivity contribution in [1.82, 2.24) is 14.9 Å². The molecule has 31 heavy (non-hydrogen) atoms. The highest BCUT2D eigenvalue weighted by atomic mass is 35.5. The van der Waals surface area contributed by atoms with E-state index in [1.54, 1.807) is 29.4 Å². The second kappa shape index (κ2) is 8.55. The molecule has 0 unspecified atom stereocenters. The van der Waals surface area contributed by atoms with Crippen LogP contribution in [0, 0.1) is 13.8 Å². The third kappa shape index (κ3) is 4.21. The molecular weight excluding hydrogens is 414 g/mol. The average Bonchev–Trinajstić information content (AvgIpc) is 3.13. The maximum Gasteiger partial charge on any atom is 0.258 e. The predicted molar refractivity (Wildman–Crippen MR) is 122 cm³/mol. The summed E-state index contributed by atoms with van der Waals surface area (Å²) in [5.74, 6) is 0.390. The standard InChI is InChI=1S/C24H24ClN3O3/c1-4-9-28(12-21-26-20-11-17(25)6-8-19(20)24(30)27-21)22(29)10-16-13-31-23-15(3)14(2)5-7-18(16)23/h5-8,11,13H,4,9-10,12H2,1-3H3,(H,26,27,30). The Bertz CT molecular complexity index is 1340. The number of benzene rings is 2. The number of hydrogen-bond donors (Lipinski definition) is 1. The van der Waals surface area contributed by atoms with Crippen molar-refractivity contribution in [3.8, 4) is 0 Å². The number of amides is 1. The lowest BCUT2D eigenvalue weighted by Gasteiger charge is -2.21. The minimum atomic E-state index is -0.243. The SMILES string of the molecule is CCCN(Cc1nc2cc(Cl)ccc2c(=O)[nH]1)C(=O)Cc1coc2c(C)c(C)ccc12. The van der Waals surface area contributed by atoms with Crippen molar-refractivity contribution in [2.75, 3.05) is 6.54 Å². The summed E-state index contributed by atoms with van der Waals surface area (Å²) in [6.45, 7) is 6.85. The van der Waals surface area contributed by atoms with Crippen LogP contribution >= 0.6 is 11.6 Å². The van der Waals surface area contributed by atoms with Crippen LogP contribution in [0.1, 0.15) is 35.9 Å². The lowest BCUT2D eigenvalue weighted by atomic mass is 10.0. The molecule has 0 aliphatic rings. The molecule has 0 saturated heterocycles. The van der Waals surface area contributed by atoms with E-state index in [0.29, 0.717) is 28.3 Å². The molecule has 0 aliphatic carbocycles. The van der Waals surface area contributed by atoms with Crippen LogP contribution in [0.2, 0.25) is 5.02 Å². The van der Waals surface area contributed by atoms with Crippen molar-refractivity contribution in [2.24, 2.45) is 0 Å². The van der Waals surface area contributed by atoms with Gasteiger partial charge in [0.05, 0.1) is 30.1 Å². The molecule has 0 saturated carbocycles. The Hall–Kier alpha value is -3.12. The molecule has 6 nitrogen and oxygen atoms in total. The van der Waals surface area contributed by atoms with E-state index >= 15 is 0 Å². The summed E-state index contributed by atoms with van der Waals surface area (Å²) in [4.78, 5) is 34.6. The van der Waals surface area contributed by atoms with Crippen LogP contribution in [0.15, 0.2) is 45.8 Å². The molecular formula is C24H24ClN3O3. The molecule has 0 aliphatic heterocycles. The minimum Gasteiger partial charge on any atom is -0.464 e. The molecule has 2 aromatic heterocycles. The number of rotatable bonds is 6. The molecule has 1 N–H and O–H groups in total. The zero-order valence-corrected chi connectivity index (χ0v) is 18.5. The molecule has 160 valence electrons. The lowest BCUT2D eigenvalue weighted by molar-refractivity contribution is -0.131. The summed E-state index contributed by atoms with van der Waals surface area (Å²) >= 11 is 6.05. The smallest absolute Gasteiger partial charge is 0.258 e. The molecule has 4 rings (SSSR count). The van der Waals surface area contributed by atoms with E-state index < -0.39 is 0 Å². The van der Waals surface area contributed by atoms with Gasteiger partial charge < -0.3 is 14.3 Å². The number of H-pyrrole nitrogens is 1. The summed E-state index contributed by atoms with van der Waals surface area (Å²) in [5, 5.41) is 1.94. The Morgan fingerprint density at radius 2 is 1.97 bits per heavy atom. The fourth-order valence-electron chi connectivity index (χ4n) is 3.78. The molecule has 0 spiro atoms. The van der Waals surface area contributed by atoms with Crippen molar-refractivity contribution >= 4 is 39.4 Å². The highest BCUT2D eigenvalue weighted by Crippen LogP contribution is 2.27. The van der Waals surface area contributed by atoms with Gasteiger partial charge in [-0.25, -0.2) is 4.98 Å². The van der Waals surface area contributed by atoms with Crippen molar-refractivity contribution in [2.45, 2.75) is 40.2 Å². The van der Waals surface area contributed by atoms with Gasteiger partial charge >= 0.3 is 0 Å². The number of aryl methyl sites for hydroxylation is 2. The quantitative estimate of drug-likeness (QED) is 0.464. The van der Waals surface area contributed by atoms with Gasteiger partial charge in [0, 0.05) is 22.5 Å². The highest BCUT2D eigenvalue weighted by molar-refractivity contribution is 6.31. The Labute approximate surface area is 184 Å². The Balaban J connectivity index is 1.61. The van der Waals surface area contributed by atoms with Gasteiger partial charge in [-0.2, -0.15) is 0 Å². The van der Waals surface area contributed by atoms with E-state index in [2.05, 4.69) is 9.97 Å². The van der Waals surface area contributed by atoms with Crippen LogP contribution in [0.4, 0.5) is 0 Å². The van der Waals surface area contributed by atoms with Gasteiger partial charge in [-0.15, -0.1) is 0 Å². The summed E-state index contributed by atoms with van der Waals surface area (Å²) in [5.41, 5.74) is 4.18. The third-order valence-electron chi connectivity index (χ3n) is 5.59. The summed E-state index contributed by atoms with van der Waals surface area (Å²) in [6.07, 6.45) is 2.68. The van der Waals surface area contributed by atoms with Crippen molar-refractivity contribution in [1.29, 1.82) is 0 Å². The highest BCUT2D eigenvalue weighted by Gasteiger charge is 2.19. The van der Waals surface area contributed by atoms with Crippen LogP contribution in [-0.4, -0.2) is 27.3 Å². The van der Waals surface area contributed by atoms with Crippen molar-refractivity contribution in [3.05, 3.63) is 74.5 Å². The van der Waals surface area contributed by atoms with Gasteiger partial charge in [0.1, 0.15) is 11.4 Å². The fraction of sp³-hybridized carbons (Fsp3) is 0.292. The first-order valence-electron chi connectivity index (χ1n) is 10.3. The Morgan fingerprint density at radius 3 is 2.74 bits per heavy atom. The first kappa shape index (κ1) is 21.1. The first-order valence-corrected chi connectivity index (χ1v) is 10.7. The number of fused-ring (bicyclic) bond motifs is 2. The van der Waals surface area contributed by atoms with Crippen LogP contribution in [0.25, 0.3) is 21.9 Å². The maximum atomic E-state index is 13.1. The van der Waals surface area contributed by atoms with E-state index in [9.17, 15) is 9.59 Å². The van der Waals surface area contributed by atoms with Gasteiger partial charge in [0.15, 0.2) is 0 Å². The Morgan fingerprint density at radius 1 is 1.19 bits per heavy atom. The summed E-state index contributed by atoms with van der Waals surface area (Å²) < 4.78 is 5.75. The monoisotopic (exact) mass is 437 g/mol. The van der Waals surface area contributed by atoms with Crippen LogP contribution in [0.5, 0.6) is 0 Å². The number of furan rings is 1. The van der Waals surface area contributed by atoms with E-state index in [1.165, 1.54) is 0 Å². The van der Waals surface area contributed by atoms with Gasteiger partial charge in [0.25, 0.3) is 5.56 Å². The normalized spacial score (nSPS) is 11.4. The van der Waals surface area contributed by atoms with Crippen molar-refractivity contribution < 1.29 is 9.21 Å². The summed E-state index contributed by atoms with van der Waals surface area (Å²) in [7, 11) is 0. The van der Waals surface area contributed by atoms with Gasteiger partial charge in [-0.05, 0) is 49.6 Å². The molecule has 0 bridgehead atoms. The molecule has 0 atom stereocenters. The molecule has 0 fully saturated rings. The largest absolute Gasteiger partial charge is 0.464 e. The average molecular weight is 438 g/mol. The van der Waals surface area contributed by atoms with Gasteiger partial charge in [0.2, 0.25) is 5.91 Å². The first-order chi connectivity index (χ1) is 14.9. The van der Waals surface area contributed by atoms with E-state index in [4.69, 9.17) is 16.0 Å².